The van der Waals surface area contributed by atoms with Crippen LogP contribution >= 0.6 is 0 Å². The molecular formula is C24H24N4O3S. The predicted octanol–water partition coefficient (Wildman–Crippen LogP) is 4.24. The number of hydrogen-bond donors (Lipinski definition) is 2. The largest absolute Gasteiger partial charge is 0.340 e. The average Bonchev–Trinajstić information content (AvgIpc) is 3.11. The number of rotatable bonds is 5. The van der Waals surface area contributed by atoms with Crippen LogP contribution in [0.1, 0.15) is 42.6 Å². The van der Waals surface area contributed by atoms with E-state index < -0.39 is 15.6 Å². The summed E-state index contributed by atoms with van der Waals surface area (Å²) in [5.41, 5.74) is 1.89. The second kappa shape index (κ2) is 7.96. The van der Waals surface area contributed by atoms with Gasteiger partial charge in [0.25, 0.3) is 0 Å². The first-order valence-corrected chi connectivity index (χ1v) is 11.6. The second-order valence-electron chi connectivity index (χ2n) is 8.62. The van der Waals surface area contributed by atoms with Crippen LogP contribution in [0.2, 0.25) is 0 Å². The highest BCUT2D eigenvalue weighted by Crippen LogP contribution is 2.32. The van der Waals surface area contributed by atoms with E-state index in [9.17, 15) is 13.2 Å². The Hall–Kier alpha value is -3.36. The Morgan fingerprint density at radius 2 is 1.62 bits per heavy atom. The van der Waals surface area contributed by atoms with E-state index in [1.165, 1.54) is 6.07 Å². The Morgan fingerprint density at radius 3 is 2.31 bits per heavy atom. The van der Waals surface area contributed by atoms with Gasteiger partial charge in [0.15, 0.2) is 0 Å². The fourth-order valence-corrected chi connectivity index (χ4v) is 5.16. The van der Waals surface area contributed by atoms with E-state index in [1.54, 1.807) is 76.2 Å². The van der Waals surface area contributed by atoms with Crippen molar-refractivity contribution >= 4 is 26.8 Å². The lowest BCUT2D eigenvalue weighted by Crippen LogP contribution is -2.40. The topological polar surface area (TPSA) is 105 Å². The zero-order valence-corrected chi connectivity index (χ0v) is 19.1. The number of benzene rings is 2. The van der Waals surface area contributed by atoms with Crippen LogP contribution in [0.15, 0.2) is 65.6 Å². The molecule has 4 rings (SSSR count). The molecule has 0 saturated heterocycles. The standard InChI is InChI=1S/C24H24N4O3S/c1-15-25-18-14-19(23(29)16-10-6-5-7-11-16)27-21(22(18)26-15)17-12-8-9-13-20(17)32(30,31)28-24(2,3)4/h5-14,28H,1-4H3,(H,25,26). The fourth-order valence-electron chi connectivity index (χ4n) is 3.54. The lowest BCUT2D eigenvalue weighted by Gasteiger charge is -2.21. The summed E-state index contributed by atoms with van der Waals surface area (Å²) in [6.07, 6.45) is 0. The highest BCUT2D eigenvalue weighted by molar-refractivity contribution is 7.89. The number of H-pyrrole nitrogens is 1. The van der Waals surface area contributed by atoms with Crippen LogP contribution in [0.25, 0.3) is 22.3 Å². The Morgan fingerprint density at radius 1 is 0.969 bits per heavy atom. The number of ketones is 1. The van der Waals surface area contributed by atoms with E-state index in [2.05, 4.69) is 19.7 Å². The molecule has 2 N–H and O–H groups in total. The third-order valence-electron chi connectivity index (χ3n) is 4.73. The number of aromatic nitrogens is 3. The van der Waals surface area contributed by atoms with Crippen LogP contribution in [-0.2, 0) is 10.0 Å². The zero-order chi connectivity index (χ0) is 23.1. The van der Waals surface area contributed by atoms with E-state index in [4.69, 9.17) is 0 Å². The summed E-state index contributed by atoms with van der Waals surface area (Å²) in [6, 6.07) is 17.1. The van der Waals surface area contributed by atoms with Crippen molar-refractivity contribution in [1.82, 2.24) is 19.7 Å². The first kappa shape index (κ1) is 21.9. The molecule has 0 aliphatic rings. The molecule has 2 aromatic heterocycles. The van der Waals surface area contributed by atoms with E-state index in [0.717, 1.165) is 0 Å². The molecule has 0 saturated carbocycles. The molecule has 4 aromatic rings. The molecule has 0 unspecified atom stereocenters. The molecule has 0 atom stereocenters. The van der Waals surface area contributed by atoms with Crippen molar-refractivity contribution in [1.29, 1.82) is 0 Å². The highest BCUT2D eigenvalue weighted by Gasteiger charge is 2.27. The van der Waals surface area contributed by atoms with Gasteiger partial charge < -0.3 is 4.98 Å². The van der Waals surface area contributed by atoms with Crippen molar-refractivity contribution in [2.45, 2.75) is 38.1 Å². The normalized spacial score (nSPS) is 12.2. The molecule has 7 nitrogen and oxygen atoms in total. The maximum Gasteiger partial charge on any atom is 0.241 e. The van der Waals surface area contributed by atoms with Gasteiger partial charge in [-0.1, -0.05) is 48.5 Å². The number of aryl methyl sites for hydroxylation is 1. The van der Waals surface area contributed by atoms with Gasteiger partial charge in [-0.2, -0.15) is 0 Å². The number of sulfonamides is 1. The Balaban J connectivity index is 1.95. The van der Waals surface area contributed by atoms with Crippen LogP contribution in [0.3, 0.4) is 0 Å². The van der Waals surface area contributed by atoms with E-state index in [1.807, 2.05) is 6.07 Å². The highest BCUT2D eigenvalue weighted by atomic mass is 32.2. The number of fused-ring (bicyclic) bond motifs is 1. The molecule has 0 amide bonds. The number of nitrogens with zero attached hydrogens (tertiary/aromatic N) is 2. The van der Waals surface area contributed by atoms with Crippen LogP contribution in [0, 0.1) is 6.92 Å². The van der Waals surface area contributed by atoms with E-state index in [0.29, 0.717) is 33.7 Å². The van der Waals surface area contributed by atoms with Crippen LogP contribution in [0.4, 0.5) is 0 Å². The Labute approximate surface area is 187 Å². The fraction of sp³-hybridized carbons (Fsp3) is 0.208. The van der Waals surface area contributed by atoms with Gasteiger partial charge in [0.2, 0.25) is 15.8 Å². The third kappa shape index (κ3) is 4.32. The summed E-state index contributed by atoms with van der Waals surface area (Å²) in [7, 11) is -3.85. The minimum absolute atomic E-state index is 0.0836. The number of carbonyl (C=O) groups excluding carboxylic acids is 1. The summed E-state index contributed by atoms with van der Waals surface area (Å²) in [5, 5.41) is 0. The molecule has 0 spiro atoms. The van der Waals surface area contributed by atoms with Crippen molar-refractivity contribution in [3.05, 3.63) is 77.7 Å². The third-order valence-corrected chi connectivity index (χ3v) is 6.55. The van der Waals surface area contributed by atoms with Crippen molar-refractivity contribution in [2.24, 2.45) is 0 Å². The van der Waals surface area contributed by atoms with Gasteiger partial charge in [0.1, 0.15) is 11.5 Å². The summed E-state index contributed by atoms with van der Waals surface area (Å²) >= 11 is 0. The molecule has 32 heavy (non-hydrogen) atoms. The molecular weight excluding hydrogens is 424 g/mol. The van der Waals surface area contributed by atoms with Crippen molar-refractivity contribution in [2.75, 3.05) is 0 Å². The van der Waals surface area contributed by atoms with Gasteiger partial charge in [0.05, 0.1) is 21.6 Å². The molecule has 2 aromatic carbocycles. The smallest absolute Gasteiger partial charge is 0.241 e. The molecule has 8 heteroatoms. The summed E-state index contributed by atoms with van der Waals surface area (Å²) in [6.45, 7) is 7.13. The Kier molecular flexibility index (Phi) is 5.44. The minimum Gasteiger partial charge on any atom is -0.340 e. The zero-order valence-electron chi connectivity index (χ0n) is 18.3. The second-order valence-corrected chi connectivity index (χ2v) is 10.3. The van der Waals surface area contributed by atoms with Gasteiger partial charge in [-0.25, -0.2) is 23.1 Å². The number of hydrogen-bond acceptors (Lipinski definition) is 5. The molecule has 0 bridgehead atoms. The first-order valence-electron chi connectivity index (χ1n) is 10.2. The van der Waals surface area contributed by atoms with Gasteiger partial charge in [-0.05, 0) is 39.8 Å². The summed E-state index contributed by atoms with van der Waals surface area (Å²) in [5.74, 6) is 0.378. The summed E-state index contributed by atoms with van der Waals surface area (Å²) < 4.78 is 29.1. The van der Waals surface area contributed by atoms with Crippen LogP contribution < -0.4 is 4.72 Å². The monoisotopic (exact) mass is 448 g/mol. The van der Waals surface area contributed by atoms with Crippen molar-refractivity contribution in [3.63, 3.8) is 0 Å². The van der Waals surface area contributed by atoms with Crippen molar-refractivity contribution in [3.8, 4) is 11.3 Å². The number of nitrogens with one attached hydrogen (secondary N) is 2. The molecule has 2 heterocycles. The SMILES string of the molecule is Cc1nc2cc(C(=O)c3ccccc3)nc(-c3ccccc3S(=O)(=O)NC(C)(C)C)c2[nH]1. The quantitative estimate of drug-likeness (QED) is 0.444. The predicted molar refractivity (Wildman–Crippen MR) is 124 cm³/mol. The molecule has 0 fully saturated rings. The van der Waals surface area contributed by atoms with Gasteiger partial charge in [0, 0.05) is 16.7 Å². The van der Waals surface area contributed by atoms with Crippen LogP contribution in [0.5, 0.6) is 0 Å². The minimum atomic E-state index is -3.85. The number of aromatic amines is 1. The van der Waals surface area contributed by atoms with Crippen molar-refractivity contribution < 1.29 is 13.2 Å². The lowest BCUT2D eigenvalue weighted by atomic mass is 10.0. The van der Waals surface area contributed by atoms with Crippen LogP contribution in [-0.4, -0.2) is 34.7 Å². The number of carbonyl (C=O) groups is 1. The lowest BCUT2D eigenvalue weighted by molar-refractivity contribution is 0.103. The molecule has 0 radical (unpaired) electrons. The van der Waals surface area contributed by atoms with Gasteiger partial charge in [-0.15, -0.1) is 0 Å². The maximum absolute atomic E-state index is 13.2. The number of imidazole rings is 1. The van der Waals surface area contributed by atoms with Gasteiger partial charge in [-0.3, -0.25) is 4.79 Å². The van der Waals surface area contributed by atoms with Gasteiger partial charge >= 0.3 is 0 Å². The maximum atomic E-state index is 13.2. The average molecular weight is 449 g/mol. The Bertz CT molecular complexity index is 1420. The molecule has 0 aliphatic carbocycles. The summed E-state index contributed by atoms with van der Waals surface area (Å²) in [4.78, 5) is 25.5. The number of pyridine rings is 1. The first-order chi connectivity index (χ1) is 15.0. The molecule has 164 valence electrons. The van der Waals surface area contributed by atoms with E-state index in [-0.39, 0.29) is 16.4 Å². The van der Waals surface area contributed by atoms with E-state index >= 15 is 0 Å². The molecule has 0 aliphatic heterocycles.